The Balaban J connectivity index is 1.59. The number of carbonyl (C=O) groups excluding carboxylic acids is 1. The lowest BCUT2D eigenvalue weighted by molar-refractivity contribution is -0.116. The molecule has 2 aromatic carbocycles. The van der Waals surface area contributed by atoms with Crippen LogP contribution in [0.15, 0.2) is 47.8 Å². The Hall–Kier alpha value is -2.73. The number of anilines is 3. The monoisotopic (exact) mass is 339 g/mol. The molecule has 0 spiro atoms. The van der Waals surface area contributed by atoms with Crippen LogP contribution in [-0.2, 0) is 4.79 Å². The number of benzene rings is 2. The molecule has 0 fully saturated rings. The molecular formula is C18H14FN3OS. The molecule has 0 radical (unpaired) electrons. The van der Waals surface area contributed by atoms with Crippen LogP contribution in [0.5, 0.6) is 0 Å². The summed E-state index contributed by atoms with van der Waals surface area (Å²) in [7, 11) is 0. The smallest absolute Gasteiger partial charge is 0.231 e. The zero-order valence-corrected chi connectivity index (χ0v) is 13.7. The van der Waals surface area contributed by atoms with E-state index in [1.807, 2.05) is 30.5 Å². The van der Waals surface area contributed by atoms with E-state index >= 15 is 0 Å². The van der Waals surface area contributed by atoms with Crippen LogP contribution in [0.3, 0.4) is 0 Å². The van der Waals surface area contributed by atoms with Gasteiger partial charge in [-0.15, -0.1) is 11.3 Å². The number of hydrogen-bond acceptors (Lipinski definition) is 4. The van der Waals surface area contributed by atoms with Crippen LogP contribution >= 0.6 is 11.3 Å². The van der Waals surface area contributed by atoms with Crippen LogP contribution in [0.4, 0.5) is 20.9 Å². The fourth-order valence-corrected chi connectivity index (χ4v) is 3.44. The number of halogens is 1. The number of fused-ring (bicyclic) bond motifs is 1. The van der Waals surface area contributed by atoms with Crippen molar-refractivity contribution in [2.45, 2.75) is 12.8 Å². The average Bonchev–Trinajstić information content (AvgIpc) is 3.15. The van der Waals surface area contributed by atoms with Crippen molar-refractivity contribution in [1.29, 1.82) is 0 Å². The molecule has 6 heteroatoms. The second-order valence-corrected chi connectivity index (χ2v) is 6.54. The van der Waals surface area contributed by atoms with E-state index in [2.05, 4.69) is 15.6 Å². The van der Waals surface area contributed by atoms with Gasteiger partial charge in [0.05, 0.1) is 11.6 Å². The Labute approximate surface area is 142 Å². The molecule has 3 aromatic rings. The molecule has 0 saturated carbocycles. The van der Waals surface area contributed by atoms with Gasteiger partial charge in [0.2, 0.25) is 5.91 Å². The molecule has 0 saturated heterocycles. The summed E-state index contributed by atoms with van der Waals surface area (Å²) in [5, 5.41) is 8.73. The van der Waals surface area contributed by atoms with Crippen LogP contribution in [0.2, 0.25) is 0 Å². The molecule has 0 bridgehead atoms. The Morgan fingerprint density at radius 1 is 1.21 bits per heavy atom. The van der Waals surface area contributed by atoms with Crippen molar-refractivity contribution < 1.29 is 9.18 Å². The van der Waals surface area contributed by atoms with E-state index in [9.17, 15) is 9.18 Å². The SMILES string of the molecule is CC1C(=O)Nc2ccc(-c3csc(Nc4ccc(F)cc4)n3)cc21. The normalized spacial score (nSPS) is 15.9. The lowest BCUT2D eigenvalue weighted by Crippen LogP contribution is -2.08. The second-order valence-electron chi connectivity index (χ2n) is 5.68. The maximum atomic E-state index is 12.9. The molecule has 120 valence electrons. The highest BCUT2D eigenvalue weighted by molar-refractivity contribution is 7.14. The summed E-state index contributed by atoms with van der Waals surface area (Å²) >= 11 is 1.48. The number of carbonyl (C=O) groups is 1. The fraction of sp³-hybridized carbons (Fsp3) is 0.111. The molecule has 2 N–H and O–H groups in total. The number of rotatable bonds is 3. The zero-order chi connectivity index (χ0) is 16.7. The molecule has 1 aliphatic rings. The van der Waals surface area contributed by atoms with Crippen LogP contribution in [0, 0.1) is 5.82 Å². The van der Waals surface area contributed by atoms with Crippen LogP contribution in [0.1, 0.15) is 18.4 Å². The van der Waals surface area contributed by atoms with E-state index in [4.69, 9.17) is 0 Å². The highest BCUT2D eigenvalue weighted by Crippen LogP contribution is 2.36. The molecule has 1 aliphatic heterocycles. The van der Waals surface area contributed by atoms with Crippen LogP contribution in [0.25, 0.3) is 11.3 Å². The van der Waals surface area contributed by atoms with Crippen molar-refractivity contribution in [1.82, 2.24) is 4.98 Å². The van der Waals surface area contributed by atoms with Crippen molar-refractivity contribution in [3.8, 4) is 11.3 Å². The van der Waals surface area contributed by atoms with Gasteiger partial charge in [0.15, 0.2) is 5.13 Å². The van der Waals surface area contributed by atoms with Gasteiger partial charge in [-0.05, 0) is 48.9 Å². The van der Waals surface area contributed by atoms with Gasteiger partial charge in [-0.2, -0.15) is 0 Å². The first kappa shape index (κ1) is 14.8. The van der Waals surface area contributed by atoms with Gasteiger partial charge in [-0.3, -0.25) is 4.79 Å². The number of aromatic nitrogens is 1. The highest BCUT2D eigenvalue weighted by atomic mass is 32.1. The average molecular weight is 339 g/mol. The zero-order valence-electron chi connectivity index (χ0n) is 12.8. The van der Waals surface area contributed by atoms with E-state index in [-0.39, 0.29) is 17.6 Å². The minimum absolute atomic E-state index is 0.0269. The summed E-state index contributed by atoms with van der Waals surface area (Å²) in [5.74, 6) is -0.384. The third-order valence-corrected chi connectivity index (χ3v) is 4.82. The Morgan fingerprint density at radius 3 is 2.79 bits per heavy atom. The lowest BCUT2D eigenvalue weighted by Gasteiger charge is -2.04. The van der Waals surface area contributed by atoms with Gasteiger partial charge < -0.3 is 10.6 Å². The lowest BCUT2D eigenvalue weighted by atomic mass is 10.00. The first-order chi connectivity index (χ1) is 11.6. The van der Waals surface area contributed by atoms with Gasteiger partial charge in [0, 0.05) is 22.3 Å². The van der Waals surface area contributed by atoms with E-state index in [0.717, 1.165) is 33.3 Å². The molecule has 24 heavy (non-hydrogen) atoms. The minimum atomic E-state index is -0.268. The Bertz CT molecular complexity index is 920. The van der Waals surface area contributed by atoms with Crippen molar-refractivity contribution >= 4 is 33.8 Å². The number of nitrogens with zero attached hydrogens (tertiary/aromatic N) is 1. The van der Waals surface area contributed by atoms with Gasteiger partial charge in [0.25, 0.3) is 0 Å². The number of nitrogens with one attached hydrogen (secondary N) is 2. The van der Waals surface area contributed by atoms with E-state index < -0.39 is 0 Å². The third-order valence-electron chi connectivity index (χ3n) is 4.06. The quantitative estimate of drug-likeness (QED) is 0.724. The maximum absolute atomic E-state index is 12.9. The highest BCUT2D eigenvalue weighted by Gasteiger charge is 2.26. The fourth-order valence-electron chi connectivity index (χ4n) is 2.70. The van der Waals surface area contributed by atoms with E-state index in [1.165, 1.54) is 23.5 Å². The predicted octanol–water partition coefficient (Wildman–Crippen LogP) is 4.75. The molecule has 1 amide bonds. The molecule has 1 unspecified atom stereocenters. The Kier molecular flexibility index (Phi) is 3.54. The summed E-state index contributed by atoms with van der Waals surface area (Å²) in [6, 6.07) is 12.0. The predicted molar refractivity (Wildman–Crippen MR) is 94.3 cm³/mol. The number of thiazole rings is 1. The summed E-state index contributed by atoms with van der Waals surface area (Å²) in [6.45, 7) is 1.90. The number of hydrogen-bond donors (Lipinski definition) is 2. The first-order valence-corrected chi connectivity index (χ1v) is 8.41. The van der Waals surface area contributed by atoms with Gasteiger partial charge in [-0.1, -0.05) is 6.07 Å². The molecule has 1 aromatic heterocycles. The molecule has 4 rings (SSSR count). The minimum Gasteiger partial charge on any atom is -0.332 e. The van der Waals surface area contributed by atoms with Gasteiger partial charge >= 0.3 is 0 Å². The largest absolute Gasteiger partial charge is 0.332 e. The second kappa shape index (κ2) is 5.72. The Morgan fingerprint density at radius 2 is 2.00 bits per heavy atom. The van der Waals surface area contributed by atoms with Crippen LogP contribution < -0.4 is 10.6 Å². The third kappa shape index (κ3) is 2.65. The summed E-state index contributed by atoms with van der Waals surface area (Å²) in [6.07, 6.45) is 0. The van der Waals surface area contributed by atoms with E-state index in [0.29, 0.717) is 0 Å². The molecule has 4 nitrogen and oxygen atoms in total. The summed E-state index contributed by atoms with van der Waals surface area (Å²) < 4.78 is 12.9. The number of amides is 1. The van der Waals surface area contributed by atoms with Crippen molar-refractivity contribution in [3.05, 3.63) is 59.2 Å². The molecule has 2 heterocycles. The van der Waals surface area contributed by atoms with E-state index in [1.54, 1.807) is 12.1 Å². The van der Waals surface area contributed by atoms with Gasteiger partial charge in [-0.25, -0.2) is 9.37 Å². The first-order valence-electron chi connectivity index (χ1n) is 7.53. The summed E-state index contributed by atoms with van der Waals surface area (Å²) in [5.41, 5.74) is 4.48. The maximum Gasteiger partial charge on any atom is 0.231 e. The van der Waals surface area contributed by atoms with Crippen molar-refractivity contribution in [2.24, 2.45) is 0 Å². The standard InChI is InChI=1S/C18H14FN3OS/c1-10-14-8-11(2-7-15(14)21-17(10)23)16-9-24-18(22-16)20-13-5-3-12(19)4-6-13/h2-10H,1H3,(H,20,22)(H,21,23). The van der Waals surface area contributed by atoms with Crippen molar-refractivity contribution in [2.75, 3.05) is 10.6 Å². The topological polar surface area (TPSA) is 54.0 Å². The van der Waals surface area contributed by atoms with Crippen molar-refractivity contribution in [3.63, 3.8) is 0 Å². The summed E-state index contributed by atoms with van der Waals surface area (Å²) in [4.78, 5) is 16.3. The molecular weight excluding hydrogens is 325 g/mol. The molecule has 1 atom stereocenters. The van der Waals surface area contributed by atoms with Crippen LogP contribution in [-0.4, -0.2) is 10.9 Å². The molecule has 0 aliphatic carbocycles. The van der Waals surface area contributed by atoms with Gasteiger partial charge in [0.1, 0.15) is 5.82 Å².